The lowest BCUT2D eigenvalue weighted by Gasteiger charge is -2.37. The average molecular weight is 300 g/mol. The lowest BCUT2D eigenvalue weighted by atomic mass is 10.1. The Hall–Kier alpha value is -0.260. The summed E-state index contributed by atoms with van der Waals surface area (Å²) in [4.78, 5) is 7.21. The van der Waals surface area contributed by atoms with Crippen molar-refractivity contribution in [3.05, 3.63) is 11.1 Å². The first-order valence-corrected chi connectivity index (χ1v) is 8.70. The van der Waals surface area contributed by atoms with Crippen LogP contribution in [0, 0.1) is 0 Å². The topological polar surface area (TPSA) is 28.2 Å². The maximum Gasteiger partial charge on any atom is 0.185 e. The van der Waals surface area contributed by atoms with E-state index in [1.54, 1.807) is 11.3 Å². The van der Waals surface area contributed by atoms with E-state index >= 15 is 0 Å². The third-order valence-corrected chi connectivity index (χ3v) is 5.28. The molecule has 1 aliphatic heterocycles. The Kier molecular flexibility index (Phi) is 4.48. The highest BCUT2D eigenvalue weighted by Crippen LogP contribution is 2.33. The number of thioether (sulfide) groups is 1. The van der Waals surface area contributed by atoms with Crippen molar-refractivity contribution in [3.8, 4) is 0 Å². The maximum atomic E-state index is 4.78. The summed E-state index contributed by atoms with van der Waals surface area (Å²) < 4.78 is 0.341. The fraction of sp³-hybridized carbons (Fsp3) is 0.786. The zero-order valence-electron chi connectivity index (χ0n) is 12.6. The number of rotatable bonds is 3. The van der Waals surface area contributed by atoms with Crippen molar-refractivity contribution in [3.63, 3.8) is 0 Å². The van der Waals surface area contributed by atoms with E-state index < -0.39 is 0 Å². The van der Waals surface area contributed by atoms with Crippen molar-refractivity contribution in [2.24, 2.45) is 0 Å². The van der Waals surface area contributed by atoms with Gasteiger partial charge in [0, 0.05) is 41.1 Å². The first kappa shape index (κ1) is 15.1. The van der Waals surface area contributed by atoms with Crippen molar-refractivity contribution in [1.29, 1.82) is 0 Å². The molecule has 0 saturated carbocycles. The summed E-state index contributed by atoms with van der Waals surface area (Å²) in [6.45, 7) is 14.3. The molecule has 0 unspecified atom stereocenters. The first-order chi connectivity index (χ1) is 8.75. The molecule has 0 aromatic carbocycles. The number of hydrogen-bond donors (Lipinski definition) is 1. The van der Waals surface area contributed by atoms with Gasteiger partial charge in [-0.1, -0.05) is 0 Å². The molecule has 3 nitrogen and oxygen atoms in total. The fourth-order valence-electron chi connectivity index (χ4n) is 2.06. The molecular weight excluding hydrogens is 274 g/mol. The maximum absolute atomic E-state index is 4.78. The molecule has 2 heterocycles. The second kappa shape index (κ2) is 5.62. The summed E-state index contributed by atoms with van der Waals surface area (Å²) in [5.41, 5.74) is 1.30. The van der Waals surface area contributed by atoms with Crippen LogP contribution in [-0.2, 0) is 6.54 Å². The summed E-state index contributed by atoms with van der Waals surface area (Å²) >= 11 is 3.84. The van der Waals surface area contributed by atoms with E-state index in [9.17, 15) is 0 Å². The van der Waals surface area contributed by atoms with E-state index in [0.29, 0.717) is 4.75 Å². The number of aromatic nitrogens is 1. The highest BCUT2D eigenvalue weighted by atomic mass is 32.2. The molecule has 0 bridgehead atoms. The Morgan fingerprint density at radius 2 is 2.16 bits per heavy atom. The molecule has 2 rings (SSSR count). The number of anilines is 1. The van der Waals surface area contributed by atoms with Crippen LogP contribution in [0.4, 0.5) is 5.13 Å². The van der Waals surface area contributed by atoms with Gasteiger partial charge in [-0.25, -0.2) is 4.98 Å². The molecule has 0 spiro atoms. The molecule has 0 radical (unpaired) electrons. The van der Waals surface area contributed by atoms with Crippen LogP contribution in [-0.4, -0.2) is 34.1 Å². The van der Waals surface area contributed by atoms with Crippen molar-refractivity contribution in [2.75, 3.05) is 23.7 Å². The van der Waals surface area contributed by atoms with Gasteiger partial charge in [-0.2, -0.15) is 11.8 Å². The second-order valence-electron chi connectivity index (χ2n) is 6.75. The zero-order valence-corrected chi connectivity index (χ0v) is 14.2. The third-order valence-electron chi connectivity index (χ3n) is 3.04. The molecule has 1 aromatic rings. The predicted molar refractivity (Wildman–Crippen MR) is 87.5 cm³/mol. The molecule has 5 heteroatoms. The van der Waals surface area contributed by atoms with Crippen molar-refractivity contribution < 1.29 is 0 Å². The molecule has 19 heavy (non-hydrogen) atoms. The molecule has 1 fully saturated rings. The van der Waals surface area contributed by atoms with E-state index in [1.807, 2.05) is 0 Å². The number of nitrogens with zero attached hydrogens (tertiary/aromatic N) is 2. The van der Waals surface area contributed by atoms with Gasteiger partial charge in [0.2, 0.25) is 0 Å². The lowest BCUT2D eigenvalue weighted by Crippen LogP contribution is -2.43. The summed E-state index contributed by atoms with van der Waals surface area (Å²) in [7, 11) is 0. The summed E-state index contributed by atoms with van der Waals surface area (Å²) in [6, 6.07) is 0. The number of thiazole rings is 1. The van der Waals surface area contributed by atoms with Crippen LogP contribution < -0.4 is 10.2 Å². The Morgan fingerprint density at radius 3 is 2.79 bits per heavy atom. The van der Waals surface area contributed by atoms with E-state index in [-0.39, 0.29) is 5.54 Å². The van der Waals surface area contributed by atoms with Gasteiger partial charge in [-0.15, -0.1) is 11.3 Å². The SMILES string of the molecule is CC(C)(C)NCc1csc(N2CCSC(C)(C)C2)n1. The van der Waals surface area contributed by atoms with Crippen molar-refractivity contribution >= 4 is 28.2 Å². The lowest BCUT2D eigenvalue weighted by molar-refractivity contribution is 0.422. The molecule has 0 atom stereocenters. The zero-order chi connectivity index (χ0) is 14.1. The first-order valence-electron chi connectivity index (χ1n) is 6.84. The summed E-state index contributed by atoms with van der Waals surface area (Å²) in [5, 5.41) is 6.86. The van der Waals surface area contributed by atoms with Crippen LogP contribution in [0.3, 0.4) is 0 Å². The van der Waals surface area contributed by atoms with Crippen LogP contribution in [0.1, 0.15) is 40.3 Å². The second-order valence-corrected chi connectivity index (χ2v) is 9.39. The average Bonchev–Trinajstić information content (AvgIpc) is 2.72. The van der Waals surface area contributed by atoms with Gasteiger partial charge in [-0.3, -0.25) is 0 Å². The Morgan fingerprint density at radius 1 is 1.42 bits per heavy atom. The van der Waals surface area contributed by atoms with E-state index in [4.69, 9.17) is 4.98 Å². The fourth-order valence-corrected chi connectivity index (χ4v) is 4.02. The largest absolute Gasteiger partial charge is 0.346 e. The van der Waals surface area contributed by atoms with Gasteiger partial charge >= 0.3 is 0 Å². The Bertz CT molecular complexity index is 421. The molecular formula is C14H25N3S2. The van der Waals surface area contributed by atoms with Crippen molar-refractivity contribution in [2.45, 2.75) is 51.4 Å². The van der Waals surface area contributed by atoms with Gasteiger partial charge in [0.15, 0.2) is 5.13 Å². The number of nitrogens with one attached hydrogen (secondary N) is 1. The van der Waals surface area contributed by atoms with Crippen LogP contribution in [0.2, 0.25) is 0 Å². The van der Waals surface area contributed by atoms with E-state index in [0.717, 1.165) is 25.3 Å². The van der Waals surface area contributed by atoms with Gasteiger partial charge in [-0.05, 0) is 34.6 Å². The number of hydrogen-bond acceptors (Lipinski definition) is 5. The van der Waals surface area contributed by atoms with E-state index in [1.165, 1.54) is 10.9 Å². The van der Waals surface area contributed by atoms with Gasteiger partial charge in [0.25, 0.3) is 0 Å². The van der Waals surface area contributed by atoms with Crippen LogP contribution in [0.15, 0.2) is 5.38 Å². The molecule has 1 saturated heterocycles. The minimum atomic E-state index is 0.146. The van der Waals surface area contributed by atoms with Gasteiger partial charge < -0.3 is 10.2 Å². The smallest absolute Gasteiger partial charge is 0.185 e. The van der Waals surface area contributed by atoms with Crippen LogP contribution >= 0.6 is 23.1 Å². The molecule has 1 N–H and O–H groups in total. The van der Waals surface area contributed by atoms with Gasteiger partial charge in [0.05, 0.1) is 5.69 Å². The normalized spacial score (nSPS) is 19.7. The summed E-state index contributed by atoms with van der Waals surface area (Å²) in [6.07, 6.45) is 0. The Balaban J connectivity index is 1.97. The molecule has 0 amide bonds. The Labute approximate surface area is 125 Å². The van der Waals surface area contributed by atoms with Crippen LogP contribution in [0.5, 0.6) is 0 Å². The molecule has 108 valence electrons. The summed E-state index contributed by atoms with van der Waals surface area (Å²) in [5.74, 6) is 1.20. The minimum Gasteiger partial charge on any atom is -0.346 e. The van der Waals surface area contributed by atoms with Crippen LogP contribution in [0.25, 0.3) is 0 Å². The standard InChI is InChI=1S/C14H25N3S2/c1-13(2,3)15-8-11-9-18-12(16-11)17-6-7-19-14(4,5)10-17/h9,15H,6-8,10H2,1-5H3. The molecule has 1 aromatic heterocycles. The highest BCUT2D eigenvalue weighted by Gasteiger charge is 2.28. The van der Waals surface area contributed by atoms with Gasteiger partial charge in [0.1, 0.15) is 0 Å². The van der Waals surface area contributed by atoms with E-state index in [2.05, 4.69) is 62.0 Å². The monoisotopic (exact) mass is 299 g/mol. The predicted octanol–water partition coefficient (Wildman–Crippen LogP) is 3.36. The van der Waals surface area contributed by atoms with Crippen molar-refractivity contribution in [1.82, 2.24) is 10.3 Å². The quantitative estimate of drug-likeness (QED) is 0.926. The molecule has 0 aliphatic carbocycles. The third kappa shape index (κ3) is 4.65. The minimum absolute atomic E-state index is 0.146. The highest BCUT2D eigenvalue weighted by molar-refractivity contribution is 8.00. The molecule has 1 aliphatic rings.